The van der Waals surface area contributed by atoms with Crippen molar-refractivity contribution in [3.63, 3.8) is 0 Å². The average Bonchev–Trinajstić information content (AvgIpc) is 2.91. The summed E-state index contributed by atoms with van der Waals surface area (Å²) in [5, 5.41) is 17.2. The number of carbonyl (C=O) groups excluding carboxylic acids is 1. The van der Waals surface area contributed by atoms with E-state index in [1.807, 2.05) is 30.3 Å². The predicted octanol–water partition coefficient (Wildman–Crippen LogP) is 3.52. The number of carbonyl (C=O) groups is 2. The number of fused-ring (bicyclic) bond motifs is 1. The highest BCUT2D eigenvalue weighted by molar-refractivity contribution is 7.91. The van der Waals surface area contributed by atoms with Gasteiger partial charge in [0, 0.05) is 30.4 Å². The van der Waals surface area contributed by atoms with E-state index in [9.17, 15) is 26.4 Å². The van der Waals surface area contributed by atoms with Gasteiger partial charge in [0.1, 0.15) is 12.4 Å². The molecule has 4 rings (SSSR count). The molecular weight excluding hydrogens is 545 g/mol. The van der Waals surface area contributed by atoms with Crippen molar-refractivity contribution in [3.8, 4) is 5.75 Å². The third-order valence-corrected chi connectivity index (χ3v) is 7.98. The Kier molecular flexibility index (Phi) is 9.48. The summed E-state index contributed by atoms with van der Waals surface area (Å²) < 4.78 is 68.9. The molecule has 2 heterocycles. The number of hydrogen-bond donors (Lipinski definition) is 3. The lowest BCUT2D eigenvalue weighted by molar-refractivity contribution is -0.192. The number of sulfone groups is 1. The predicted molar refractivity (Wildman–Crippen MR) is 131 cm³/mol. The molecule has 14 heteroatoms. The number of amides is 1. The number of alkyl halides is 3. The molecule has 39 heavy (non-hydrogen) atoms. The molecule has 0 spiro atoms. The van der Waals surface area contributed by atoms with E-state index >= 15 is 0 Å². The maximum absolute atomic E-state index is 13.0. The van der Waals surface area contributed by atoms with E-state index in [1.165, 1.54) is 12.1 Å². The number of aliphatic carboxylic acids is 1. The maximum Gasteiger partial charge on any atom is 0.490 e. The van der Waals surface area contributed by atoms with Crippen LogP contribution in [-0.4, -0.2) is 60.7 Å². The van der Waals surface area contributed by atoms with Crippen molar-refractivity contribution >= 4 is 32.6 Å². The largest absolute Gasteiger partial charge is 0.490 e. The molecule has 210 valence electrons. The number of para-hydroxylation sites is 1. The number of carboxylic acids is 1. The van der Waals surface area contributed by atoms with E-state index < -0.39 is 39.1 Å². The fraction of sp³-hybridized carbons (Fsp3) is 0.320. The Bertz CT molecular complexity index is 1400. The number of pyridine rings is 1. The Balaban J connectivity index is 0.000000532. The summed E-state index contributed by atoms with van der Waals surface area (Å²) in [6.07, 6.45) is -2.91. The van der Waals surface area contributed by atoms with Crippen LogP contribution in [0.15, 0.2) is 65.7 Å². The minimum atomic E-state index is -5.08. The summed E-state index contributed by atoms with van der Waals surface area (Å²) in [5.74, 6) is -3.33. The second kappa shape index (κ2) is 12.4. The second-order valence-electron chi connectivity index (χ2n) is 8.64. The number of carboxylic acid groups (broad SMARTS) is 1. The summed E-state index contributed by atoms with van der Waals surface area (Å²) >= 11 is 0. The molecule has 1 amide bonds. The van der Waals surface area contributed by atoms with Gasteiger partial charge in [0.05, 0.1) is 21.6 Å². The van der Waals surface area contributed by atoms with Crippen LogP contribution in [0.4, 0.5) is 13.2 Å². The number of hydroxylamine groups is 1. The lowest BCUT2D eigenvalue weighted by Crippen LogP contribution is -2.47. The topological polar surface area (TPSA) is 152 Å². The van der Waals surface area contributed by atoms with E-state index in [1.54, 1.807) is 23.8 Å². The Morgan fingerprint density at radius 2 is 1.67 bits per heavy atom. The van der Waals surface area contributed by atoms with Gasteiger partial charge in [0.2, 0.25) is 0 Å². The Hall–Kier alpha value is -3.75. The fourth-order valence-electron chi connectivity index (χ4n) is 3.95. The van der Waals surface area contributed by atoms with Crippen LogP contribution in [0, 0.1) is 5.41 Å². The van der Waals surface area contributed by atoms with E-state index in [0.29, 0.717) is 12.4 Å². The summed E-state index contributed by atoms with van der Waals surface area (Å²) in [7, 11) is -3.78. The lowest BCUT2D eigenvalue weighted by atomic mass is 9.81. The highest BCUT2D eigenvalue weighted by Gasteiger charge is 2.44. The van der Waals surface area contributed by atoms with Crippen molar-refractivity contribution in [3.05, 3.63) is 66.4 Å². The lowest BCUT2D eigenvalue weighted by Gasteiger charge is -2.34. The van der Waals surface area contributed by atoms with Gasteiger partial charge in [-0.25, -0.2) is 18.7 Å². The number of ether oxygens (including phenoxy) is 2. The number of halogens is 3. The van der Waals surface area contributed by atoms with Gasteiger partial charge in [-0.15, -0.1) is 0 Å². The highest BCUT2D eigenvalue weighted by Crippen LogP contribution is 2.34. The molecule has 0 unspecified atom stereocenters. The molecule has 1 fully saturated rings. The first-order valence-corrected chi connectivity index (χ1v) is 13.1. The number of hydrogen-bond acceptors (Lipinski definition) is 8. The SMILES string of the molecule is O=C(NO)C1(CS(=O)(=O)c2ccc(OCc3ccnc4ccccc34)cc2)CCOCC1.O=C(O)C(F)(F)F. The number of benzene rings is 2. The van der Waals surface area contributed by atoms with Crippen LogP contribution >= 0.6 is 0 Å². The van der Waals surface area contributed by atoms with Crippen LogP contribution in [0.5, 0.6) is 5.75 Å². The normalized spacial score (nSPS) is 15.1. The second-order valence-corrected chi connectivity index (χ2v) is 10.6. The molecule has 2 aromatic carbocycles. The Labute approximate surface area is 221 Å². The smallest absolute Gasteiger partial charge is 0.489 e. The van der Waals surface area contributed by atoms with Gasteiger partial charge >= 0.3 is 12.1 Å². The first-order chi connectivity index (χ1) is 18.4. The zero-order valence-electron chi connectivity index (χ0n) is 20.3. The van der Waals surface area contributed by atoms with E-state index in [2.05, 4.69) is 4.98 Å². The van der Waals surface area contributed by atoms with Gasteiger partial charge < -0.3 is 14.6 Å². The van der Waals surface area contributed by atoms with Crippen molar-refractivity contribution in [1.82, 2.24) is 10.5 Å². The molecule has 1 aromatic heterocycles. The summed E-state index contributed by atoms with van der Waals surface area (Å²) in [6, 6.07) is 15.8. The third-order valence-electron chi connectivity index (χ3n) is 6.06. The molecule has 0 aliphatic carbocycles. The van der Waals surface area contributed by atoms with Crippen LogP contribution in [0.3, 0.4) is 0 Å². The molecule has 1 saturated heterocycles. The molecule has 3 N–H and O–H groups in total. The molecule has 3 aromatic rings. The fourth-order valence-corrected chi connectivity index (χ4v) is 5.81. The Morgan fingerprint density at radius 1 is 1.05 bits per heavy atom. The summed E-state index contributed by atoms with van der Waals surface area (Å²) in [6.45, 7) is 0.841. The molecule has 0 radical (unpaired) electrons. The molecule has 0 bridgehead atoms. The van der Waals surface area contributed by atoms with Crippen LogP contribution in [0.25, 0.3) is 10.9 Å². The van der Waals surface area contributed by atoms with Crippen molar-refractivity contribution in [2.75, 3.05) is 19.0 Å². The van der Waals surface area contributed by atoms with Gasteiger partial charge in [0.15, 0.2) is 9.84 Å². The van der Waals surface area contributed by atoms with Crippen molar-refractivity contribution in [2.24, 2.45) is 5.41 Å². The van der Waals surface area contributed by atoms with Crippen molar-refractivity contribution in [2.45, 2.75) is 30.5 Å². The first kappa shape index (κ1) is 29.8. The van der Waals surface area contributed by atoms with Crippen molar-refractivity contribution in [1.29, 1.82) is 0 Å². The zero-order valence-corrected chi connectivity index (χ0v) is 21.2. The molecule has 0 saturated carbocycles. The highest BCUT2D eigenvalue weighted by atomic mass is 32.2. The van der Waals surface area contributed by atoms with Gasteiger partial charge in [-0.3, -0.25) is 15.0 Å². The molecular formula is C25H25F3N2O8S. The average molecular weight is 571 g/mol. The number of nitrogens with one attached hydrogen (secondary N) is 1. The minimum Gasteiger partial charge on any atom is -0.489 e. The number of aromatic nitrogens is 1. The van der Waals surface area contributed by atoms with E-state index in [-0.39, 0.29) is 31.0 Å². The van der Waals surface area contributed by atoms with Crippen molar-refractivity contribution < 1.29 is 51.0 Å². The van der Waals surface area contributed by atoms with Gasteiger partial charge in [-0.2, -0.15) is 13.2 Å². The van der Waals surface area contributed by atoms with Crippen LogP contribution < -0.4 is 10.2 Å². The first-order valence-electron chi connectivity index (χ1n) is 11.5. The summed E-state index contributed by atoms with van der Waals surface area (Å²) in [4.78, 5) is 25.6. The van der Waals surface area contributed by atoms with Crippen LogP contribution in [-0.2, 0) is 30.8 Å². The van der Waals surface area contributed by atoms with Crippen LogP contribution in [0.2, 0.25) is 0 Å². The van der Waals surface area contributed by atoms with Gasteiger partial charge in [-0.1, -0.05) is 18.2 Å². The standard InChI is InChI=1S/C23H24N2O6S.C2HF3O2/c26-22(25-27)23(10-13-30-14-11-23)16-32(28,29)19-7-5-18(6-8-19)31-15-17-9-12-24-21-4-2-1-3-20(17)21;3-2(4,5)1(6)7/h1-9,12,27H,10-11,13-16H2,(H,25,26);(H,6,7). The zero-order chi connectivity index (χ0) is 28.7. The van der Waals surface area contributed by atoms with Gasteiger partial charge in [-0.05, 0) is 49.2 Å². The number of rotatable bonds is 7. The van der Waals surface area contributed by atoms with Crippen LogP contribution in [0.1, 0.15) is 18.4 Å². The maximum atomic E-state index is 13.0. The van der Waals surface area contributed by atoms with E-state index in [4.69, 9.17) is 24.6 Å². The molecule has 1 aliphatic rings. The molecule has 0 atom stereocenters. The molecule has 10 nitrogen and oxygen atoms in total. The minimum absolute atomic E-state index is 0.0933. The Morgan fingerprint density at radius 3 is 2.26 bits per heavy atom. The van der Waals surface area contributed by atoms with E-state index in [0.717, 1.165) is 16.5 Å². The quantitative estimate of drug-likeness (QED) is 0.286. The third kappa shape index (κ3) is 7.65. The molecule has 1 aliphatic heterocycles. The monoisotopic (exact) mass is 570 g/mol. The number of nitrogens with zero attached hydrogens (tertiary/aromatic N) is 1. The summed E-state index contributed by atoms with van der Waals surface area (Å²) in [5.41, 5.74) is 2.26. The van der Waals surface area contributed by atoms with Gasteiger partial charge in [0.25, 0.3) is 5.91 Å².